The van der Waals surface area contributed by atoms with Crippen LogP contribution < -0.4 is 5.32 Å². The van der Waals surface area contributed by atoms with Crippen LogP contribution in [0, 0.1) is 0 Å². The molecule has 1 aromatic carbocycles. The van der Waals surface area contributed by atoms with Gasteiger partial charge in [0.25, 0.3) is 5.91 Å². The fraction of sp³-hybridized carbons (Fsp3) is 0.423. The van der Waals surface area contributed by atoms with Gasteiger partial charge in [-0.15, -0.1) is 11.3 Å². The van der Waals surface area contributed by atoms with Gasteiger partial charge in [-0.3, -0.25) is 4.79 Å². The van der Waals surface area contributed by atoms with E-state index in [2.05, 4.69) is 34.2 Å². The Morgan fingerprint density at radius 2 is 2.00 bits per heavy atom. The molecule has 2 N–H and O–H groups in total. The topological polar surface area (TPSA) is 131 Å². The average Bonchev–Trinajstić information content (AvgIpc) is 3.63. The molecule has 13 heteroatoms. The number of hydrogen-bond acceptors (Lipinski definition) is 9. The van der Waals surface area contributed by atoms with Gasteiger partial charge in [0, 0.05) is 31.2 Å². The Balaban J connectivity index is 1.47. The number of aromatic nitrogens is 3. The summed E-state index contributed by atoms with van der Waals surface area (Å²) < 4.78 is 33.0. The highest BCUT2D eigenvalue weighted by atomic mass is 35.5. The number of imidazole rings is 1. The van der Waals surface area contributed by atoms with Crippen molar-refractivity contribution >= 4 is 49.7 Å². The van der Waals surface area contributed by atoms with Crippen LogP contribution in [0.2, 0.25) is 4.34 Å². The van der Waals surface area contributed by atoms with Crippen molar-refractivity contribution in [3.8, 4) is 10.6 Å². The quantitative estimate of drug-likeness (QED) is 0.300. The molecule has 5 rings (SSSR count). The van der Waals surface area contributed by atoms with Crippen LogP contribution in [-0.2, 0) is 16.4 Å². The lowest BCUT2D eigenvalue weighted by atomic mass is 10.0. The number of piperidine rings is 1. The summed E-state index contributed by atoms with van der Waals surface area (Å²) in [5.74, 6) is 0.00172. The van der Waals surface area contributed by atoms with Gasteiger partial charge in [0.05, 0.1) is 44.0 Å². The molecule has 1 saturated heterocycles. The van der Waals surface area contributed by atoms with Crippen LogP contribution in [0.1, 0.15) is 43.0 Å². The van der Waals surface area contributed by atoms with Gasteiger partial charge in [0.15, 0.2) is 21.4 Å². The molecule has 3 aromatic heterocycles. The van der Waals surface area contributed by atoms with Crippen molar-refractivity contribution in [3.05, 3.63) is 52.3 Å². The molecule has 1 amide bonds. The highest BCUT2D eigenvalue weighted by molar-refractivity contribution is 7.91. The first-order valence-corrected chi connectivity index (χ1v) is 15.6. The fourth-order valence-corrected chi connectivity index (χ4v) is 6.83. The summed E-state index contributed by atoms with van der Waals surface area (Å²) in [7, 11) is -3.69. The van der Waals surface area contributed by atoms with E-state index in [0.717, 1.165) is 30.8 Å². The number of sulfone groups is 1. The van der Waals surface area contributed by atoms with Crippen molar-refractivity contribution in [2.45, 2.75) is 50.2 Å². The van der Waals surface area contributed by atoms with Gasteiger partial charge in [0.2, 0.25) is 0 Å². The molecule has 0 bridgehead atoms. The minimum absolute atomic E-state index is 0.0171. The normalized spacial score (nSPS) is 15.4. The van der Waals surface area contributed by atoms with E-state index in [1.165, 1.54) is 23.5 Å². The minimum atomic E-state index is -3.69. The summed E-state index contributed by atoms with van der Waals surface area (Å²) in [6.45, 7) is 5.84. The summed E-state index contributed by atoms with van der Waals surface area (Å²) in [6.07, 6.45) is 1.67. The van der Waals surface area contributed by atoms with Crippen LogP contribution in [-0.4, -0.2) is 76.6 Å². The molecule has 0 aliphatic carbocycles. The maximum atomic E-state index is 13.5. The first kappa shape index (κ1) is 27.8. The van der Waals surface area contributed by atoms with Crippen LogP contribution in [0.25, 0.3) is 21.7 Å². The number of thiophene rings is 1. The molecule has 39 heavy (non-hydrogen) atoms. The number of likely N-dealkylation sites (tertiary alicyclic amines) is 1. The number of hydrogen-bond donors (Lipinski definition) is 2. The lowest BCUT2D eigenvalue weighted by Crippen LogP contribution is -2.47. The van der Waals surface area contributed by atoms with E-state index < -0.39 is 22.2 Å². The summed E-state index contributed by atoms with van der Waals surface area (Å²) in [4.78, 5) is 21.3. The van der Waals surface area contributed by atoms with Gasteiger partial charge >= 0.3 is 0 Å². The van der Waals surface area contributed by atoms with Gasteiger partial charge in [0.1, 0.15) is 5.69 Å². The Morgan fingerprint density at radius 3 is 2.67 bits per heavy atom. The van der Waals surface area contributed by atoms with Gasteiger partial charge in [-0.2, -0.15) is 0 Å². The van der Waals surface area contributed by atoms with Crippen molar-refractivity contribution in [2.75, 3.05) is 25.4 Å². The maximum absolute atomic E-state index is 13.5. The standard InChI is InChI=1S/C26H30ClN5O5S2/c1-16(2)31-9-7-17(8-10-31)28-26(34)25-29-20-14-19(39(35,36)12-11-33)3-4-21(20)32(25)15-18-13-22(37-30-18)23-5-6-24(27)38-23/h3-6,13-14,16-17,33H,7-12,15H2,1-2H3,(H,28,34). The molecule has 208 valence electrons. The zero-order chi connectivity index (χ0) is 27.7. The fourth-order valence-electron chi connectivity index (χ4n) is 4.80. The molecule has 0 atom stereocenters. The minimum Gasteiger partial charge on any atom is -0.395 e. The van der Waals surface area contributed by atoms with Gasteiger partial charge in [-0.1, -0.05) is 16.8 Å². The van der Waals surface area contributed by atoms with E-state index in [9.17, 15) is 18.3 Å². The summed E-state index contributed by atoms with van der Waals surface area (Å²) in [5, 5.41) is 16.5. The summed E-state index contributed by atoms with van der Waals surface area (Å²) >= 11 is 7.43. The van der Waals surface area contributed by atoms with Gasteiger partial charge < -0.3 is 24.4 Å². The molecule has 4 heterocycles. The van der Waals surface area contributed by atoms with E-state index >= 15 is 0 Å². The largest absolute Gasteiger partial charge is 0.395 e. The molecule has 1 aliphatic heterocycles. The van der Waals surface area contributed by atoms with E-state index in [4.69, 9.17) is 16.1 Å². The van der Waals surface area contributed by atoms with Crippen molar-refractivity contribution in [1.82, 2.24) is 24.9 Å². The van der Waals surface area contributed by atoms with Crippen molar-refractivity contribution in [2.24, 2.45) is 0 Å². The van der Waals surface area contributed by atoms with Gasteiger partial charge in [-0.05, 0) is 57.0 Å². The molecule has 0 spiro atoms. The third kappa shape index (κ3) is 6.04. The first-order chi connectivity index (χ1) is 18.6. The average molecular weight is 592 g/mol. The number of carbonyl (C=O) groups is 1. The van der Waals surface area contributed by atoms with Crippen LogP contribution in [0.5, 0.6) is 0 Å². The second-order valence-corrected chi connectivity index (χ2v) is 13.7. The predicted octanol–water partition coefficient (Wildman–Crippen LogP) is 3.82. The van der Waals surface area contributed by atoms with E-state index in [1.807, 2.05) is 6.07 Å². The van der Waals surface area contributed by atoms with Crippen molar-refractivity contribution in [3.63, 3.8) is 0 Å². The molecular formula is C26H30ClN5O5S2. The predicted molar refractivity (Wildman–Crippen MR) is 150 cm³/mol. The Bertz CT molecular complexity index is 1580. The lowest BCUT2D eigenvalue weighted by molar-refractivity contribution is 0.0887. The van der Waals surface area contributed by atoms with E-state index in [0.29, 0.717) is 32.9 Å². The Kier molecular flexibility index (Phi) is 8.11. The smallest absolute Gasteiger partial charge is 0.287 e. The van der Waals surface area contributed by atoms with Gasteiger partial charge in [-0.25, -0.2) is 13.4 Å². The van der Waals surface area contributed by atoms with Crippen LogP contribution in [0.4, 0.5) is 0 Å². The van der Waals surface area contributed by atoms with Crippen molar-refractivity contribution < 1.29 is 22.8 Å². The van der Waals surface area contributed by atoms with Crippen molar-refractivity contribution in [1.29, 1.82) is 0 Å². The number of amides is 1. The number of nitrogens with zero attached hydrogens (tertiary/aromatic N) is 4. The SMILES string of the molecule is CC(C)N1CCC(NC(=O)c2nc3cc(S(=O)(=O)CCO)ccc3n2Cc2cc(-c3ccc(Cl)s3)on2)CC1. The molecular weight excluding hydrogens is 562 g/mol. The van der Waals surface area contributed by atoms with E-state index in [-0.39, 0.29) is 29.2 Å². The molecule has 1 aliphatic rings. The third-order valence-electron chi connectivity index (χ3n) is 6.93. The molecule has 1 fully saturated rings. The monoisotopic (exact) mass is 591 g/mol. The Hall–Kier alpha value is -2.77. The molecule has 4 aromatic rings. The summed E-state index contributed by atoms with van der Waals surface area (Å²) in [5.41, 5.74) is 1.52. The molecule has 0 unspecified atom stereocenters. The number of rotatable bonds is 9. The number of aliphatic hydroxyl groups excluding tert-OH is 1. The Labute approximate surface area is 235 Å². The van der Waals surface area contributed by atoms with Crippen LogP contribution in [0.15, 0.2) is 45.8 Å². The third-order valence-corrected chi connectivity index (χ3v) is 9.87. The number of nitrogens with one attached hydrogen (secondary N) is 1. The molecule has 10 nitrogen and oxygen atoms in total. The number of benzene rings is 1. The van der Waals surface area contributed by atoms with Crippen LogP contribution in [0.3, 0.4) is 0 Å². The first-order valence-electron chi connectivity index (χ1n) is 12.7. The van der Waals surface area contributed by atoms with E-state index in [1.54, 1.807) is 22.8 Å². The summed E-state index contributed by atoms with van der Waals surface area (Å²) in [6, 6.07) is 10.4. The number of halogens is 1. The molecule has 0 radical (unpaired) electrons. The lowest BCUT2D eigenvalue weighted by Gasteiger charge is -2.34. The number of fused-ring (bicyclic) bond motifs is 1. The zero-order valence-corrected chi connectivity index (χ0v) is 24.0. The maximum Gasteiger partial charge on any atom is 0.287 e. The highest BCUT2D eigenvalue weighted by Gasteiger charge is 2.26. The van der Waals surface area contributed by atoms with Crippen LogP contribution >= 0.6 is 22.9 Å². The second kappa shape index (κ2) is 11.4. The second-order valence-electron chi connectivity index (χ2n) is 9.88. The Morgan fingerprint density at radius 1 is 1.23 bits per heavy atom. The zero-order valence-electron chi connectivity index (χ0n) is 21.6. The number of carbonyl (C=O) groups excluding carboxylic acids is 1. The number of aliphatic hydroxyl groups is 1. The molecule has 0 saturated carbocycles. The highest BCUT2D eigenvalue weighted by Crippen LogP contribution is 2.32.